The lowest BCUT2D eigenvalue weighted by Crippen LogP contribution is -2.65. The normalized spacial score (nSPS) is 26.1. The fraction of sp³-hybridized carbons (Fsp3) is 0.776. The molecule has 14 nitrogen and oxygen atoms in total. The Kier molecular flexibility index (Phi) is 39.7. The van der Waals surface area contributed by atoms with Gasteiger partial charge in [-0.1, -0.05) is 183 Å². The van der Waals surface area contributed by atoms with E-state index in [2.05, 4.69) is 79.9 Å². The number of nitrogens with one attached hydrogen (secondary N) is 1. The molecule has 12 unspecified atom stereocenters. The smallest absolute Gasteiger partial charge is 0.220 e. The molecular weight excluding hydrogens is 919 g/mol. The summed E-state index contributed by atoms with van der Waals surface area (Å²) >= 11 is 0. The van der Waals surface area contributed by atoms with Gasteiger partial charge >= 0.3 is 0 Å². The van der Waals surface area contributed by atoms with E-state index in [1.807, 2.05) is 6.08 Å². The third kappa shape index (κ3) is 29.5. The second-order valence-electron chi connectivity index (χ2n) is 19.7. The Morgan fingerprint density at radius 3 is 1.53 bits per heavy atom. The van der Waals surface area contributed by atoms with Crippen molar-refractivity contribution in [2.75, 3.05) is 19.8 Å². The summed E-state index contributed by atoms with van der Waals surface area (Å²) in [7, 11) is 0. The lowest BCUT2D eigenvalue weighted by molar-refractivity contribution is -0.359. The van der Waals surface area contributed by atoms with Gasteiger partial charge in [0, 0.05) is 6.42 Å². The Balaban J connectivity index is 1.80. The first-order valence-electron chi connectivity index (χ1n) is 28.2. The van der Waals surface area contributed by atoms with Crippen molar-refractivity contribution < 1.29 is 64.6 Å². The van der Waals surface area contributed by atoms with Gasteiger partial charge in [0.2, 0.25) is 5.91 Å². The van der Waals surface area contributed by atoms with Crippen molar-refractivity contribution in [1.29, 1.82) is 0 Å². The summed E-state index contributed by atoms with van der Waals surface area (Å²) in [5.74, 6) is -0.285. The van der Waals surface area contributed by atoms with Crippen molar-refractivity contribution in [1.82, 2.24) is 5.32 Å². The standard InChI is InChI=1S/C58H101NO13/c1-3-5-7-9-11-13-15-17-18-19-20-21-22-23-24-25-26-27-28-30-31-33-35-37-39-41-47(62)46(59-50(63)42-40-38-36-34-32-29-16-14-12-10-8-6-4-2)45-69-57-55(68)53(66)56(49(44-61)71-57)72-58-54(67)52(65)51(64)48(43-60)70-58/h6,8,12,14,26-27,29,31-33,39,41,46-49,51-58,60-62,64-68H,3-5,7,9-11,13,15-25,28,30,34-38,40,42-45H2,1-2H3,(H,59,63)/b8-6-,14-12-,27-26+,32-29-,33-31+,41-39+. The van der Waals surface area contributed by atoms with Crippen molar-refractivity contribution in [2.45, 2.75) is 267 Å². The highest BCUT2D eigenvalue weighted by atomic mass is 16.7. The SMILES string of the molecule is CC/C=C\C/C=C\C/C=C\CCCCCC(=O)NC(COC1OC(CO)C(OC2OC(CO)C(O)C(O)C2O)C(O)C1O)C(O)/C=C/CC/C=C/CC/C=C/CCCCCCCCCCCCCCCCC. The molecule has 12 atom stereocenters. The number of hydrogen-bond donors (Lipinski definition) is 9. The number of unbranched alkanes of at least 4 members (excludes halogenated alkanes) is 20. The van der Waals surface area contributed by atoms with E-state index < -0.39 is 86.8 Å². The van der Waals surface area contributed by atoms with E-state index >= 15 is 0 Å². The Hall–Kier alpha value is -2.57. The highest BCUT2D eigenvalue weighted by molar-refractivity contribution is 5.76. The van der Waals surface area contributed by atoms with Gasteiger partial charge in [-0.25, -0.2) is 0 Å². The van der Waals surface area contributed by atoms with Crippen LogP contribution >= 0.6 is 0 Å². The second-order valence-corrected chi connectivity index (χ2v) is 19.7. The summed E-state index contributed by atoms with van der Waals surface area (Å²) in [6.45, 7) is 2.62. The van der Waals surface area contributed by atoms with Crippen molar-refractivity contribution in [2.24, 2.45) is 0 Å². The summed E-state index contributed by atoms with van der Waals surface area (Å²) in [4.78, 5) is 13.2. The first-order chi connectivity index (χ1) is 35.1. The maximum Gasteiger partial charge on any atom is 0.220 e. The lowest BCUT2D eigenvalue weighted by atomic mass is 9.97. The molecule has 9 N–H and O–H groups in total. The summed E-state index contributed by atoms with van der Waals surface area (Å²) in [6.07, 6.45) is 39.6. The number of carbonyl (C=O) groups excluding carboxylic acids is 1. The molecule has 2 saturated heterocycles. The molecule has 1 amide bonds. The molecule has 0 aromatic heterocycles. The highest BCUT2D eigenvalue weighted by Gasteiger charge is 2.51. The number of aliphatic hydroxyl groups is 8. The van der Waals surface area contributed by atoms with Crippen molar-refractivity contribution in [3.8, 4) is 0 Å². The molecule has 2 rings (SSSR count). The number of ether oxygens (including phenoxy) is 4. The van der Waals surface area contributed by atoms with E-state index in [0.29, 0.717) is 12.8 Å². The van der Waals surface area contributed by atoms with Gasteiger partial charge in [0.25, 0.3) is 0 Å². The van der Waals surface area contributed by atoms with Crippen molar-refractivity contribution in [3.63, 3.8) is 0 Å². The zero-order valence-corrected chi connectivity index (χ0v) is 44.4. The van der Waals surface area contributed by atoms with Crippen molar-refractivity contribution in [3.05, 3.63) is 72.9 Å². The number of hydrogen-bond acceptors (Lipinski definition) is 13. The number of rotatable bonds is 43. The van der Waals surface area contributed by atoms with Crippen LogP contribution in [0.25, 0.3) is 0 Å². The minimum absolute atomic E-state index is 0.231. The minimum Gasteiger partial charge on any atom is -0.394 e. The summed E-state index contributed by atoms with van der Waals surface area (Å²) in [6, 6.07) is -0.956. The Labute approximate surface area is 434 Å². The van der Waals surface area contributed by atoms with Gasteiger partial charge in [0.15, 0.2) is 12.6 Å². The zero-order valence-electron chi connectivity index (χ0n) is 44.4. The topological polar surface area (TPSA) is 228 Å². The predicted molar refractivity (Wildman–Crippen MR) is 286 cm³/mol. The van der Waals surface area contributed by atoms with Gasteiger partial charge in [-0.15, -0.1) is 0 Å². The van der Waals surface area contributed by atoms with Crippen molar-refractivity contribution >= 4 is 5.91 Å². The third-order valence-electron chi connectivity index (χ3n) is 13.4. The van der Waals surface area contributed by atoms with Crippen LogP contribution in [0.1, 0.15) is 194 Å². The maximum atomic E-state index is 13.2. The Morgan fingerprint density at radius 2 is 0.972 bits per heavy atom. The average molecular weight is 1020 g/mol. The molecule has 0 aliphatic carbocycles. The van der Waals surface area contributed by atoms with Crippen LogP contribution in [-0.2, 0) is 23.7 Å². The molecule has 416 valence electrons. The molecule has 14 heteroatoms. The number of amides is 1. The van der Waals surface area contributed by atoms with Crippen LogP contribution in [-0.4, -0.2) is 140 Å². The molecule has 2 aliphatic heterocycles. The third-order valence-corrected chi connectivity index (χ3v) is 13.4. The quantitative estimate of drug-likeness (QED) is 0.0206. The van der Waals surface area contributed by atoms with Gasteiger partial charge in [-0.05, 0) is 77.0 Å². The van der Waals surface area contributed by atoms with Gasteiger partial charge in [-0.2, -0.15) is 0 Å². The molecule has 2 aliphatic rings. The number of carbonyl (C=O) groups is 1. The zero-order chi connectivity index (χ0) is 52.4. The molecule has 0 bridgehead atoms. The van der Waals surface area contributed by atoms with E-state index in [4.69, 9.17) is 18.9 Å². The molecule has 2 heterocycles. The summed E-state index contributed by atoms with van der Waals surface area (Å²) in [5.41, 5.74) is 0. The molecule has 72 heavy (non-hydrogen) atoms. The van der Waals surface area contributed by atoms with E-state index in [0.717, 1.165) is 64.2 Å². The first-order valence-corrected chi connectivity index (χ1v) is 28.2. The Bertz CT molecular complexity index is 1480. The first kappa shape index (κ1) is 65.5. The van der Waals surface area contributed by atoms with E-state index in [1.54, 1.807) is 6.08 Å². The molecule has 0 spiro atoms. The monoisotopic (exact) mass is 1020 g/mol. The molecular formula is C58H101NO13. The number of allylic oxidation sites excluding steroid dienone is 11. The van der Waals surface area contributed by atoms with Crippen LogP contribution in [0.3, 0.4) is 0 Å². The fourth-order valence-corrected chi connectivity index (χ4v) is 8.81. The molecule has 2 fully saturated rings. The average Bonchev–Trinajstić information content (AvgIpc) is 3.38. The maximum absolute atomic E-state index is 13.2. The van der Waals surface area contributed by atoms with Crippen LogP contribution in [0.5, 0.6) is 0 Å². The fourth-order valence-electron chi connectivity index (χ4n) is 8.81. The van der Waals surface area contributed by atoms with Crippen LogP contribution in [0.4, 0.5) is 0 Å². The number of aliphatic hydroxyl groups excluding tert-OH is 8. The Morgan fingerprint density at radius 1 is 0.514 bits per heavy atom. The minimum atomic E-state index is -1.80. The van der Waals surface area contributed by atoms with Gasteiger partial charge < -0.3 is 65.1 Å². The largest absolute Gasteiger partial charge is 0.394 e. The highest BCUT2D eigenvalue weighted by Crippen LogP contribution is 2.30. The molecule has 0 aromatic rings. The molecule has 0 saturated carbocycles. The predicted octanol–water partition coefficient (Wildman–Crippen LogP) is 8.77. The van der Waals surface area contributed by atoms with Crippen LogP contribution in [0.2, 0.25) is 0 Å². The van der Waals surface area contributed by atoms with Gasteiger partial charge in [0.05, 0.1) is 32.0 Å². The van der Waals surface area contributed by atoms with Crippen LogP contribution in [0, 0.1) is 0 Å². The molecule has 0 radical (unpaired) electrons. The van der Waals surface area contributed by atoms with Crippen LogP contribution in [0.15, 0.2) is 72.9 Å². The van der Waals surface area contributed by atoms with Gasteiger partial charge in [-0.3, -0.25) is 4.79 Å². The lowest BCUT2D eigenvalue weighted by Gasteiger charge is -2.46. The second kappa shape index (κ2) is 43.6. The van der Waals surface area contributed by atoms with E-state index in [1.165, 1.54) is 96.3 Å². The van der Waals surface area contributed by atoms with Crippen LogP contribution < -0.4 is 5.32 Å². The van der Waals surface area contributed by atoms with E-state index in [-0.39, 0.29) is 18.9 Å². The van der Waals surface area contributed by atoms with E-state index in [9.17, 15) is 45.6 Å². The summed E-state index contributed by atoms with van der Waals surface area (Å²) < 4.78 is 22.7. The van der Waals surface area contributed by atoms with Gasteiger partial charge in [0.1, 0.15) is 48.8 Å². The summed E-state index contributed by atoms with van der Waals surface area (Å²) in [5, 5.41) is 86.8. The molecule has 0 aromatic carbocycles.